The highest BCUT2D eigenvalue weighted by molar-refractivity contribution is 8.06. The van der Waals surface area contributed by atoms with Crippen molar-refractivity contribution in [2.24, 2.45) is 0 Å². The molecule has 0 saturated heterocycles. The molecule has 0 aliphatic heterocycles. The van der Waals surface area contributed by atoms with Crippen LogP contribution < -0.4 is 0 Å². The monoisotopic (exact) mass is 260 g/mol. The molecule has 2 atom stereocenters. The normalized spacial score (nSPS) is 15.4. The standard InChI is InChI=1S/C10H12O4S2/c1-15(12)10(16(2,13)14)9(11)8-6-4-3-5-7-8/h3-7,10H,1-2H3. The molecular formula is C10H12O4S2. The van der Waals surface area contributed by atoms with Gasteiger partial charge in [-0.3, -0.25) is 9.00 Å². The van der Waals surface area contributed by atoms with Crippen molar-refractivity contribution in [3.05, 3.63) is 35.9 Å². The van der Waals surface area contributed by atoms with Crippen molar-refractivity contribution in [1.82, 2.24) is 0 Å². The van der Waals surface area contributed by atoms with Crippen LogP contribution in [0.2, 0.25) is 0 Å². The van der Waals surface area contributed by atoms with Crippen molar-refractivity contribution < 1.29 is 17.4 Å². The number of rotatable bonds is 4. The van der Waals surface area contributed by atoms with E-state index < -0.39 is 31.0 Å². The molecule has 1 aromatic carbocycles. The van der Waals surface area contributed by atoms with E-state index in [1.54, 1.807) is 18.2 Å². The number of benzene rings is 1. The summed E-state index contributed by atoms with van der Waals surface area (Å²) in [6.45, 7) is 0. The van der Waals surface area contributed by atoms with E-state index in [4.69, 9.17) is 0 Å². The first-order valence-corrected chi connectivity index (χ1v) is 8.02. The fraction of sp³-hybridized carbons (Fsp3) is 0.300. The molecule has 1 aromatic rings. The first-order valence-electron chi connectivity index (χ1n) is 4.44. The highest BCUT2D eigenvalue weighted by Crippen LogP contribution is 2.12. The summed E-state index contributed by atoms with van der Waals surface area (Å²) in [5.41, 5.74) is 0.258. The molecule has 0 radical (unpaired) electrons. The Bertz CT molecular complexity index is 505. The predicted octanol–water partition coefficient (Wildman–Crippen LogP) is 0.619. The second-order valence-electron chi connectivity index (χ2n) is 3.39. The Morgan fingerprint density at radius 2 is 1.75 bits per heavy atom. The van der Waals surface area contributed by atoms with Gasteiger partial charge < -0.3 is 0 Å². The molecule has 1 rings (SSSR count). The summed E-state index contributed by atoms with van der Waals surface area (Å²) in [4.78, 5) is 11.9. The maximum Gasteiger partial charge on any atom is 0.198 e. The predicted molar refractivity (Wildman–Crippen MR) is 63.5 cm³/mol. The van der Waals surface area contributed by atoms with Crippen molar-refractivity contribution in [3.63, 3.8) is 0 Å². The number of Topliss-reactive ketones (excluding diaryl/α,β-unsaturated/α-hetero) is 1. The third-order valence-corrected chi connectivity index (χ3v) is 5.63. The van der Waals surface area contributed by atoms with Gasteiger partial charge in [-0.2, -0.15) is 0 Å². The summed E-state index contributed by atoms with van der Waals surface area (Å²) in [6.07, 6.45) is 2.13. The molecule has 0 aromatic heterocycles. The van der Waals surface area contributed by atoms with Gasteiger partial charge in [0.05, 0.1) is 0 Å². The summed E-state index contributed by atoms with van der Waals surface area (Å²) in [5, 5.41) is 0. The van der Waals surface area contributed by atoms with Gasteiger partial charge in [0.15, 0.2) is 20.2 Å². The molecular weight excluding hydrogens is 248 g/mol. The average molecular weight is 260 g/mol. The minimum absolute atomic E-state index is 0.258. The molecule has 0 saturated carbocycles. The molecule has 6 heteroatoms. The fourth-order valence-electron chi connectivity index (χ4n) is 1.33. The summed E-state index contributed by atoms with van der Waals surface area (Å²) in [5.74, 6) is -0.621. The van der Waals surface area contributed by atoms with Crippen molar-refractivity contribution in [1.29, 1.82) is 0 Å². The third kappa shape index (κ3) is 2.99. The molecule has 0 fully saturated rings. The number of sulfone groups is 1. The SMILES string of the molecule is CS(=O)C(C(=O)c1ccccc1)S(C)(=O)=O. The van der Waals surface area contributed by atoms with Crippen LogP contribution in [0.4, 0.5) is 0 Å². The van der Waals surface area contributed by atoms with Gasteiger partial charge in [-0.05, 0) is 0 Å². The molecule has 0 N–H and O–H groups in total. The van der Waals surface area contributed by atoms with Crippen LogP contribution in [0.1, 0.15) is 10.4 Å². The topological polar surface area (TPSA) is 68.3 Å². The van der Waals surface area contributed by atoms with Crippen molar-refractivity contribution in [2.75, 3.05) is 12.5 Å². The maximum atomic E-state index is 11.9. The van der Waals surface area contributed by atoms with E-state index in [1.807, 2.05) is 0 Å². The zero-order chi connectivity index (χ0) is 12.3. The number of hydrogen-bond donors (Lipinski definition) is 0. The highest BCUT2D eigenvalue weighted by atomic mass is 32.3. The maximum absolute atomic E-state index is 11.9. The lowest BCUT2D eigenvalue weighted by molar-refractivity contribution is 0.101. The molecule has 0 aliphatic carbocycles. The average Bonchev–Trinajstić information content (AvgIpc) is 2.16. The summed E-state index contributed by atoms with van der Waals surface area (Å²) in [6, 6.07) is 7.99. The Balaban J connectivity index is 3.18. The van der Waals surface area contributed by atoms with Crippen LogP contribution in [0.3, 0.4) is 0 Å². The molecule has 0 bridgehead atoms. The number of carbonyl (C=O) groups excluding carboxylic acids is 1. The molecule has 0 spiro atoms. The second kappa shape index (κ2) is 4.88. The zero-order valence-electron chi connectivity index (χ0n) is 8.91. The van der Waals surface area contributed by atoms with Crippen molar-refractivity contribution in [3.8, 4) is 0 Å². The Labute approximate surface area is 97.1 Å². The molecule has 0 amide bonds. The minimum Gasteiger partial charge on any atom is -0.292 e. The minimum atomic E-state index is -3.66. The third-order valence-electron chi connectivity index (χ3n) is 1.96. The van der Waals surface area contributed by atoms with E-state index >= 15 is 0 Å². The molecule has 88 valence electrons. The fourth-order valence-corrected chi connectivity index (χ4v) is 4.26. The van der Waals surface area contributed by atoms with Gasteiger partial charge in [-0.25, -0.2) is 8.42 Å². The van der Waals surface area contributed by atoms with E-state index in [0.717, 1.165) is 6.26 Å². The van der Waals surface area contributed by atoms with Crippen LogP contribution in [0.5, 0.6) is 0 Å². The van der Waals surface area contributed by atoms with E-state index in [0.29, 0.717) is 0 Å². The summed E-state index contributed by atoms with van der Waals surface area (Å²) < 4.78 is 32.6. The van der Waals surface area contributed by atoms with Crippen LogP contribution in [-0.2, 0) is 20.6 Å². The molecule has 0 heterocycles. The van der Waals surface area contributed by atoms with E-state index in [9.17, 15) is 17.4 Å². The van der Waals surface area contributed by atoms with Gasteiger partial charge in [0.1, 0.15) is 0 Å². The van der Waals surface area contributed by atoms with Gasteiger partial charge in [-0.1, -0.05) is 30.3 Å². The van der Waals surface area contributed by atoms with Gasteiger partial charge in [-0.15, -0.1) is 0 Å². The molecule has 16 heavy (non-hydrogen) atoms. The van der Waals surface area contributed by atoms with Crippen molar-refractivity contribution >= 4 is 26.4 Å². The molecule has 2 unspecified atom stereocenters. The zero-order valence-corrected chi connectivity index (χ0v) is 10.5. The summed E-state index contributed by atoms with van der Waals surface area (Å²) in [7, 11) is -5.40. The first kappa shape index (κ1) is 13.1. The van der Waals surface area contributed by atoms with Crippen LogP contribution in [0, 0.1) is 0 Å². The van der Waals surface area contributed by atoms with Crippen LogP contribution >= 0.6 is 0 Å². The Morgan fingerprint density at radius 3 is 2.12 bits per heavy atom. The second-order valence-corrected chi connectivity index (χ2v) is 7.29. The lowest BCUT2D eigenvalue weighted by Gasteiger charge is -2.10. The Hall–Kier alpha value is -1.01. The lowest BCUT2D eigenvalue weighted by atomic mass is 10.1. The number of ketones is 1. The van der Waals surface area contributed by atoms with Crippen molar-refractivity contribution in [2.45, 2.75) is 4.58 Å². The van der Waals surface area contributed by atoms with Gasteiger partial charge in [0.2, 0.25) is 0 Å². The smallest absolute Gasteiger partial charge is 0.198 e. The van der Waals surface area contributed by atoms with Crippen LogP contribution in [-0.4, -0.2) is 35.5 Å². The molecule has 0 aliphatic rings. The number of hydrogen-bond acceptors (Lipinski definition) is 4. The van der Waals surface area contributed by atoms with Gasteiger partial charge in [0.25, 0.3) is 0 Å². The van der Waals surface area contributed by atoms with E-state index in [-0.39, 0.29) is 5.56 Å². The largest absolute Gasteiger partial charge is 0.292 e. The summed E-state index contributed by atoms with van der Waals surface area (Å²) >= 11 is 0. The quantitative estimate of drug-likeness (QED) is 0.744. The number of carbonyl (C=O) groups is 1. The Kier molecular flexibility index (Phi) is 3.98. The van der Waals surface area contributed by atoms with E-state index in [1.165, 1.54) is 18.4 Å². The van der Waals surface area contributed by atoms with Crippen LogP contribution in [0.25, 0.3) is 0 Å². The van der Waals surface area contributed by atoms with E-state index in [2.05, 4.69) is 0 Å². The first-order chi connectivity index (χ1) is 7.34. The van der Waals surface area contributed by atoms with Gasteiger partial charge >= 0.3 is 0 Å². The highest BCUT2D eigenvalue weighted by Gasteiger charge is 2.33. The Morgan fingerprint density at radius 1 is 1.25 bits per heavy atom. The lowest BCUT2D eigenvalue weighted by Crippen LogP contribution is -2.33. The van der Waals surface area contributed by atoms with Crippen LogP contribution in [0.15, 0.2) is 30.3 Å². The van der Waals surface area contributed by atoms with Gasteiger partial charge in [0, 0.05) is 28.9 Å². The molecule has 4 nitrogen and oxygen atoms in total.